The third-order valence-electron chi connectivity index (χ3n) is 12.3. The molecule has 0 spiro atoms. The van der Waals surface area contributed by atoms with Gasteiger partial charge in [-0.3, -0.25) is 9.59 Å². The van der Waals surface area contributed by atoms with Crippen LogP contribution in [0.4, 0.5) is 0 Å². The van der Waals surface area contributed by atoms with Crippen LogP contribution in [0.2, 0.25) is 0 Å². The van der Waals surface area contributed by atoms with Crippen LogP contribution in [0.5, 0.6) is 0 Å². The Morgan fingerprint density at radius 3 is 1.18 bits per heavy atom. The van der Waals surface area contributed by atoms with Gasteiger partial charge in [0.05, 0.1) is 25.2 Å². The van der Waals surface area contributed by atoms with E-state index in [9.17, 15) is 19.8 Å². The quantitative estimate of drug-likeness (QED) is 0.0322. The number of hydrogen-bond acceptors (Lipinski definition) is 5. The topological polar surface area (TPSA) is 95.9 Å². The van der Waals surface area contributed by atoms with Gasteiger partial charge < -0.3 is 20.3 Å². The molecule has 0 aliphatic heterocycles. The molecule has 60 heavy (non-hydrogen) atoms. The molecule has 1 amide bonds. The van der Waals surface area contributed by atoms with Gasteiger partial charge in [0.15, 0.2) is 0 Å². The van der Waals surface area contributed by atoms with E-state index < -0.39 is 18.2 Å². The molecule has 354 valence electrons. The van der Waals surface area contributed by atoms with Gasteiger partial charge in [-0.15, -0.1) is 0 Å². The largest absolute Gasteiger partial charge is 0.462 e. The highest BCUT2D eigenvalue weighted by Crippen LogP contribution is 2.18. The van der Waals surface area contributed by atoms with Crippen molar-refractivity contribution in [2.45, 2.75) is 302 Å². The number of nitrogens with one attached hydrogen (secondary N) is 1. The van der Waals surface area contributed by atoms with E-state index in [4.69, 9.17) is 4.74 Å². The van der Waals surface area contributed by atoms with Gasteiger partial charge in [-0.25, -0.2) is 0 Å². The van der Waals surface area contributed by atoms with Gasteiger partial charge >= 0.3 is 5.97 Å². The number of aliphatic hydroxyl groups is 2. The Balaban J connectivity index is 4.59. The average molecular weight is 846 g/mol. The molecule has 0 aliphatic carbocycles. The molecule has 6 heteroatoms. The highest BCUT2D eigenvalue weighted by atomic mass is 16.5. The third-order valence-corrected chi connectivity index (χ3v) is 12.3. The minimum atomic E-state index is -0.788. The molecule has 0 heterocycles. The van der Waals surface area contributed by atoms with Crippen molar-refractivity contribution in [3.05, 3.63) is 24.3 Å². The molecule has 0 aliphatic rings. The lowest BCUT2D eigenvalue weighted by Crippen LogP contribution is -2.46. The van der Waals surface area contributed by atoms with Crippen molar-refractivity contribution >= 4 is 11.9 Å². The molecular weight excluding hydrogens is 743 g/mol. The van der Waals surface area contributed by atoms with Crippen molar-refractivity contribution in [1.82, 2.24) is 5.32 Å². The maximum absolute atomic E-state index is 13.2. The highest BCUT2D eigenvalue weighted by molar-refractivity contribution is 5.77. The van der Waals surface area contributed by atoms with Gasteiger partial charge in [-0.2, -0.15) is 0 Å². The molecule has 0 saturated carbocycles. The smallest absolute Gasteiger partial charge is 0.306 e. The molecule has 0 aromatic carbocycles. The van der Waals surface area contributed by atoms with Crippen LogP contribution in [0.3, 0.4) is 0 Å². The van der Waals surface area contributed by atoms with Crippen LogP contribution in [-0.2, 0) is 14.3 Å². The fourth-order valence-electron chi connectivity index (χ4n) is 8.19. The molecule has 0 fully saturated rings. The summed E-state index contributed by atoms with van der Waals surface area (Å²) in [5, 5.41) is 23.8. The zero-order chi connectivity index (χ0) is 43.8. The van der Waals surface area contributed by atoms with Crippen LogP contribution in [0, 0.1) is 0 Å². The maximum atomic E-state index is 13.2. The van der Waals surface area contributed by atoms with Gasteiger partial charge in [0.25, 0.3) is 0 Å². The zero-order valence-electron chi connectivity index (χ0n) is 40.4. The van der Waals surface area contributed by atoms with Gasteiger partial charge in [0.2, 0.25) is 5.91 Å². The van der Waals surface area contributed by atoms with E-state index in [1.165, 1.54) is 173 Å². The average Bonchev–Trinajstić information content (AvgIpc) is 3.24. The highest BCUT2D eigenvalue weighted by Gasteiger charge is 2.24. The Kier molecular flexibility index (Phi) is 47.0. The number of esters is 1. The fourth-order valence-corrected chi connectivity index (χ4v) is 8.19. The van der Waals surface area contributed by atoms with Crippen molar-refractivity contribution in [3.63, 3.8) is 0 Å². The first-order valence-electron chi connectivity index (χ1n) is 26.6. The summed E-state index contributed by atoms with van der Waals surface area (Å²) in [6.45, 7) is 6.48. The molecule has 0 bridgehead atoms. The molecular formula is C54H103NO5. The number of hydrogen-bond donors (Lipinski definition) is 3. The lowest BCUT2D eigenvalue weighted by atomic mass is 10.0. The van der Waals surface area contributed by atoms with Crippen LogP contribution in [0.1, 0.15) is 284 Å². The Bertz CT molecular complexity index is 950. The summed E-state index contributed by atoms with van der Waals surface area (Å²) < 4.78 is 5.93. The van der Waals surface area contributed by atoms with E-state index in [0.717, 1.165) is 64.2 Å². The summed E-state index contributed by atoms with van der Waals surface area (Å²) in [6.07, 6.45) is 55.2. The minimum absolute atomic E-state index is 0.0699. The number of rotatable bonds is 48. The van der Waals surface area contributed by atoms with E-state index >= 15 is 0 Å². The van der Waals surface area contributed by atoms with Crippen LogP contribution in [0.25, 0.3) is 0 Å². The molecule has 3 N–H and O–H groups in total. The minimum Gasteiger partial charge on any atom is -0.462 e. The van der Waals surface area contributed by atoms with Crippen molar-refractivity contribution in [1.29, 1.82) is 0 Å². The van der Waals surface area contributed by atoms with E-state index in [-0.39, 0.29) is 24.9 Å². The normalized spacial score (nSPS) is 13.3. The first-order chi connectivity index (χ1) is 29.5. The van der Waals surface area contributed by atoms with Gasteiger partial charge in [-0.1, -0.05) is 218 Å². The summed E-state index contributed by atoms with van der Waals surface area (Å²) >= 11 is 0. The van der Waals surface area contributed by atoms with Gasteiger partial charge in [-0.05, 0) is 77.0 Å². The monoisotopic (exact) mass is 846 g/mol. The SMILES string of the molecule is CCCCCCCC/C=C/CCCCCCCC(CC(=O)NC(CO)C(O)CCCCCCCCCCCCCC)OC(=O)CCCCC/C=C\CCCCCCCCC. The van der Waals surface area contributed by atoms with Crippen molar-refractivity contribution < 1.29 is 24.5 Å². The predicted octanol–water partition coefficient (Wildman–Crippen LogP) is 15.9. The van der Waals surface area contributed by atoms with Crippen molar-refractivity contribution in [2.24, 2.45) is 0 Å². The molecule has 3 unspecified atom stereocenters. The maximum Gasteiger partial charge on any atom is 0.306 e. The van der Waals surface area contributed by atoms with Crippen LogP contribution >= 0.6 is 0 Å². The Hall–Kier alpha value is -1.66. The summed E-state index contributed by atoms with van der Waals surface area (Å²) in [6, 6.07) is -0.703. The van der Waals surface area contributed by atoms with E-state index in [0.29, 0.717) is 19.3 Å². The summed E-state index contributed by atoms with van der Waals surface area (Å²) in [5.41, 5.74) is 0. The standard InChI is InChI=1S/C54H103NO5/c1-4-7-10-13-16-19-22-25-27-28-30-33-36-39-42-45-50(60-54(59)47-44-41-38-35-32-29-26-23-20-17-14-11-8-5-2)48-53(58)55-51(49-56)52(57)46-43-40-37-34-31-24-21-18-15-12-9-6-3/h25,27,29,32,50-52,56-57H,4-24,26,28,30-31,33-49H2,1-3H3,(H,55,58)/b27-25+,32-29-. The van der Waals surface area contributed by atoms with Crippen LogP contribution in [-0.4, -0.2) is 46.9 Å². The first-order valence-corrected chi connectivity index (χ1v) is 26.6. The number of amides is 1. The molecule has 0 aromatic heterocycles. The van der Waals surface area contributed by atoms with Crippen LogP contribution in [0.15, 0.2) is 24.3 Å². The Morgan fingerprint density at radius 1 is 0.467 bits per heavy atom. The first kappa shape index (κ1) is 58.3. The Labute approximate surface area is 373 Å². The van der Waals surface area contributed by atoms with Crippen molar-refractivity contribution in [3.8, 4) is 0 Å². The number of carbonyl (C=O) groups is 2. The number of ether oxygens (including phenoxy) is 1. The van der Waals surface area contributed by atoms with Crippen LogP contribution < -0.4 is 5.32 Å². The second-order valence-electron chi connectivity index (χ2n) is 18.3. The molecule has 0 rings (SSSR count). The third kappa shape index (κ3) is 43.0. The number of carbonyl (C=O) groups excluding carboxylic acids is 2. The zero-order valence-corrected chi connectivity index (χ0v) is 40.4. The second kappa shape index (κ2) is 48.4. The fraction of sp³-hybridized carbons (Fsp3) is 0.889. The van der Waals surface area contributed by atoms with E-state index in [1.807, 2.05) is 0 Å². The molecule has 0 saturated heterocycles. The molecule has 6 nitrogen and oxygen atoms in total. The number of aliphatic hydroxyl groups excluding tert-OH is 2. The van der Waals surface area contributed by atoms with Gasteiger partial charge in [0, 0.05) is 6.42 Å². The lowest BCUT2D eigenvalue weighted by molar-refractivity contribution is -0.151. The Morgan fingerprint density at radius 2 is 0.800 bits per heavy atom. The summed E-state index contributed by atoms with van der Waals surface area (Å²) in [5.74, 6) is -0.489. The molecule has 3 atom stereocenters. The van der Waals surface area contributed by atoms with Gasteiger partial charge in [0.1, 0.15) is 6.10 Å². The summed E-state index contributed by atoms with van der Waals surface area (Å²) in [7, 11) is 0. The predicted molar refractivity (Wildman–Crippen MR) is 260 cm³/mol. The lowest BCUT2D eigenvalue weighted by Gasteiger charge is -2.24. The van der Waals surface area contributed by atoms with E-state index in [1.54, 1.807) is 0 Å². The molecule has 0 radical (unpaired) electrons. The van der Waals surface area contributed by atoms with Crippen molar-refractivity contribution in [2.75, 3.05) is 6.61 Å². The number of allylic oxidation sites excluding steroid dienone is 4. The van der Waals surface area contributed by atoms with E-state index in [2.05, 4.69) is 50.4 Å². The second-order valence-corrected chi connectivity index (χ2v) is 18.3. The number of unbranched alkanes of at least 4 members (excludes halogenated alkanes) is 32. The summed E-state index contributed by atoms with van der Waals surface area (Å²) in [4.78, 5) is 26.1. The molecule has 0 aromatic rings.